The number of benzene rings is 2. The molecule has 5 rings (SSSR count). The molecule has 7 heteroatoms. The third kappa shape index (κ3) is 4.09. The molecule has 154 valence electrons. The van der Waals surface area contributed by atoms with Gasteiger partial charge in [-0.25, -0.2) is 4.98 Å². The lowest BCUT2D eigenvalue weighted by molar-refractivity contribution is -0.139. The SMILES string of the molecule is O=C(CSc1nc2ccccc2s1)N1CCN(C(=O)[C@@H]2CC2c2ccccc2)CC1. The van der Waals surface area contributed by atoms with E-state index >= 15 is 0 Å². The van der Waals surface area contributed by atoms with E-state index in [1.54, 1.807) is 11.3 Å². The molecule has 2 aromatic carbocycles. The molecule has 0 N–H and O–H groups in total. The molecular formula is C23H23N3O2S2. The quantitative estimate of drug-likeness (QED) is 0.569. The summed E-state index contributed by atoms with van der Waals surface area (Å²) in [5, 5.41) is 0. The molecule has 0 bridgehead atoms. The molecule has 2 aliphatic rings. The van der Waals surface area contributed by atoms with E-state index in [9.17, 15) is 9.59 Å². The highest BCUT2D eigenvalue weighted by Crippen LogP contribution is 2.48. The fourth-order valence-corrected chi connectivity index (χ4v) is 6.05. The van der Waals surface area contributed by atoms with E-state index in [0.29, 0.717) is 37.8 Å². The Kier molecular flexibility index (Phi) is 5.48. The molecule has 1 aliphatic heterocycles. The van der Waals surface area contributed by atoms with Crippen molar-refractivity contribution in [2.24, 2.45) is 5.92 Å². The maximum absolute atomic E-state index is 12.8. The smallest absolute Gasteiger partial charge is 0.233 e. The van der Waals surface area contributed by atoms with Crippen molar-refractivity contribution in [3.05, 3.63) is 60.2 Å². The summed E-state index contributed by atoms with van der Waals surface area (Å²) in [5.41, 5.74) is 2.25. The van der Waals surface area contributed by atoms with Crippen molar-refractivity contribution in [1.29, 1.82) is 0 Å². The van der Waals surface area contributed by atoms with Gasteiger partial charge in [-0.2, -0.15) is 0 Å². The number of amides is 2. The Bertz CT molecular complexity index is 1030. The number of fused-ring (bicyclic) bond motifs is 1. The third-order valence-electron chi connectivity index (χ3n) is 5.87. The van der Waals surface area contributed by atoms with E-state index in [-0.39, 0.29) is 17.7 Å². The van der Waals surface area contributed by atoms with E-state index in [1.165, 1.54) is 17.3 Å². The van der Waals surface area contributed by atoms with Gasteiger partial charge in [0.15, 0.2) is 4.34 Å². The molecule has 1 aliphatic carbocycles. The fraction of sp³-hybridized carbons (Fsp3) is 0.348. The number of para-hydroxylation sites is 1. The van der Waals surface area contributed by atoms with E-state index in [2.05, 4.69) is 23.2 Å². The normalized spacial score (nSPS) is 21.1. The number of thiazole rings is 1. The minimum atomic E-state index is 0.115. The van der Waals surface area contributed by atoms with Gasteiger partial charge in [-0.05, 0) is 30.0 Å². The summed E-state index contributed by atoms with van der Waals surface area (Å²) >= 11 is 3.13. The van der Waals surface area contributed by atoms with E-state index in [1.807, 2.05) is 46.2 Å². The number of aromatic nitrogens is 1. The number of piperazine rings is 1. The van der Waals surface area contributed by atoms with Crippen LogP contribution >= 0.6 is 23.1 Å². The molecule has 1 saturated carbocycles. The van der Waals surface area contributed by atoms with Gasteiger partial charge in [0.05, 0.1) is 16.0 Å². The Morgan fingerprint density at radius 2 is 1.67 bits per heavy atom. The second-order valence-corrected chi connectivity index (χ2v) is 10.1. The molecule has 3 aromatic rings. The zero-order valence-corrected chi connectivity index (χ0v) is 18.2. The van der Waals surface area contributed by atoms with Crippen molar-refractivity contribution < 1.29 is 9.59 Å². The first-order valence-corrected chi connectivity index (χ1v) is 12.1. The number of hydrogen-bond donors (Lipinski definition) is 0. The van der Waals surface area contributed by atoms with Gasteiger partial charge in [0, 0.05) is 32.1 Å². The highest BCUT2D eigenvalue weighted by Gasteiger charge is 2.46. The largest absolute Gasteiger partial charge is 0.339 e. The van der Waals surface area contributed by atoms with Crippen molar-refractivity contribution in [2.45, 2.75) is 16.7 Å². The second kappa shape index (κ2) is 8.40. The Morgan fingerprint density at radius 1 is 0.967 bits per heavy atom. The lowest BCUT2D eigenvalue weighted by Gasteiger charge is -2.35. The molecule has 1 unspecified atom stereocenters. The molecule has 2 fully saturated rings. The van der Waals surface area contributed by atoms with Gasteiger partial charge in [0.25, 0.3) is 0 Å². The van der Waals surface area contributed by atoms with Crippen molar-refractivity contribution in [3.8, 4) is 0 Å². The molecule has 1 saturated heterocycles. The topological polar surface area (TPSA) is 53.5 Å². The lowest BCUT2D eigenvalue weighted by atomic mass is 10.1. The van der Waals surface area contributed by atoms with Crippen molar-refractivity contribution in [3.63, 3.8) is 0 Å². The van der Waals surface area contributed by atoms with E-state index in [4.69, 9.17) is 0 Å². The monoisotopic (exact) mass is 437 g/mol. The van der Waals surface area contributed by atoms with Crippen LogP contribution < -0.4 is 0 Å². The summed E-state index contributed by atoms with van der Waals surface area (Å²) in [7, 11) is 0. The van der Waals surface area contributed by atoms with Crippen LogP contribution in [0.1, 0.15) is 17.9 Å². The Balaban J connectivity index is 1.10. The summed E-state index contributed by atoms with van der Waals surface area (Å²) in [4.78, 5) is 33.9. The summed E-state index contributed by atoms with van der Waals surface area (Å²) < 4.78 is 2.08. The van der Waals surface area contributed by atoms with Gasteiger partial charge in [-0.15, -0.1) is 11.3 Å². The van der Waals surface area contributed by atoms with Crippen LogP contribution in [0.15, 0.2) is 58.9 Å². The highest BCUT2D eigenvalue weighted by molar-refractivity contribution is 8.01. The predicted octanol–water partition coefficient (Wildman–Crippen LogP) is 3.86. The van der Waals surface area contributed by atoms with Crippen LogP contribution in [-0.4, -0.2) is 58.5 Å². The molecule has 0 spiro atoms. The Hall–Kier alpha value is -2.38. The number of nitrogens with zero attached hydrogens (tertiary/aromatic N) is 3. The minimum Gasteiger partial charge on any atom is -0.339 e. The number of carbonyl (C=O) groups excluding carboxylic acids is 2. The average Bonchev–Trinajstić information content (AvgIpc) is 3.49. The second-order valence-electron chi connectivity index (χ2n) is 7.80. The Labute approximate surface area is 184 Å². The van der Waals surface area contributed by atoms with Crippen LogP contribution in [0.4, 0.5) is 0 Å². The van der Waals surface area contributed by atoms with Gasteiger partial charge >= 0.3 is 0 Å². The van der Waals surface area contributed by atoms with Crippen LogP contribution in [0.2, 0.25) is 0 Å². The van der Waals surface area contributed by atoms with Gasteiger partial charge in [0.1, 0.15) is 0 Å². The summed E-state index contributed by atoms with van der Waals surface area (Å²) in [5.74, 6) is 1.25. The first-order chi connectivity index (χ1) is 14.7. The van der Waals surface area contributed by atoms with Gasteiger partial charge < -0.3 is 9.80 Å². The summed E-state index contributed by atoms with van der Waals surface area (Å²) in [6, 6.07) is 18.3. The lowest BCUT2D eigenvalue weighted by Crippen LogP contribution is -2.51. The number of rotatable bonds is 5. The first-order valence-electron chi connectivity index (χ1n) is 10.3. The van der Waals surface area contributed by atoms with Crippen LogP contribution in [0.5, 0.6) is 0 Å². The van der Waals surface area contributed by atoms with Gasteiger partial charge in [0.2, 0.25) is 11.8 Å². The van der Waals surface area contributed by atoms with Crippen LogP contribution in [0, 0.1) is 5.92 Å². The van der Waals surface area contributed by atoms with Crippen LogP contribution in [-0.2, 0) is 9.59 Å². The van der Waals surface area contributed by atoms with E-state index in [0.717, 1.165) is 21.0 Å². The molecule has 5 nitrogen and oxygen atoms in total. The van der Waals surface area contributed by atoms with Crippen molar-refractivity contribution in [2.75, 3.05) is 31.9 Å². The molecule has 0 radical (unpaired) electrons. The third-order valence-corrected chi connectivity index (χ3v) is 8.04. The molecule has 1 aromatic heterocycles. The maximum Gasteiger partial charge on any atom is 0.233 e. The average molecular weight is 438 g/mol. The Morgan fingerprint density at radius 3 is 2.43 bits per heavy atom. The summed E-state index contributed by atoms with van der Waals surface area (Å²) in [6.45, 7) is 2.50. The minimum absolute atomic E-state index is 0.115. The van der Waals surface area contributed by atoms with Gasteiger partial charge in [-0.3, -0.25) is 9.59 Å². The molecule has 2 atom stereocenters. The van der Waals surface area contributed by atoms with Crippen LogP contribution in [0.3, 0.4) is 0 Å². The van der Waals surface area contributed by atoms with Gasteiger partial charge in [-0.1, -0.05) is 54.2 Å². The fourth-order valence-electron chi connectivity index (χ4n) is 4.07. The summed E-state index contributed by atoms with van der Waals surface area (Å²) in [6.07, 6.45) is 0.945. The standard InChI is InChI=1S/C23H23N3O2S2/c27-21(15-29-23-24-19-8-4-5-9-20(19)30-23)25-10-12-26(13-11-25)22(28)18-14-17(18)16-6-2-1-3-7-16/h1-9,17-18H,10-15H2/t17?,18-/m1/s1. The van der Waals surface area contributed by atoms with Crippen LogP contribution in [0.25, 0.3) is 10.2 Å². The number of hydrogen-bond acceptors (Lipinski definition) is 5. The van der Waals surface area contributed by atoms with Crippen molar-refractivity contribution in [1.82, 2.24) is 14.8 Å². The maximum atomic E-state index is 12.8. The predicted molar refractivity (Wildman–Crippen MR) is 121 cm³/mol. The number of thioether (sulfide) groups is 1. The molecular weight excluding hydrogens is 414 g/mol. The highest BCUT2D eigenvalue weighted by atomic mass is 32.2. The molecule has 2 amide bonds. The van der Waals surface area contributed by atoms with E-state index < -0.39 is 0 Å². The van der Waals surface area contributed by atoms with Crippen molar-refractivity contribution >= 4 is 45.1 Å². The zero-order valence-electron chi connectivity index (χ0n) is 16.6. The molecule has 2 heterocycles. The molecule has 30 heavy (non-hydrogen) atoms. The number of carbonyl (C=O) groups is 2. The zero-order chi connectivity index (χ0) is 20.5. The first kappa shape index (κ1) is 19.6.